The van der Waals surface area contributed by atoms with Gasteiger partial charge in [-0.2, -0.15) is 0 Å². The lowest BCUT2D eigenvalue weighted by Gasteiger charge is -2.23. The number of aliphatic hydroxyl groups excluding tert-OH is 1. The number of thiazole rings is 1. The third kappa shape index (κ3) is 4.18. The molecule has 0 spiro atoms. The molecule has 1 N–H and O–H groups in total. The maximum Gasteiger partial charge on any atom is 0.301 e. The van der Waals surface area contributed by atoms with Gasteiger partial charge in [0.25, 0.3) is 5.78 Å². The third-order valence-corrected chi connectivity index (χ3v) is 7.34. The van der Waals surface area contributed by atoms with Crippen molar-refractivity contribution in [2.75, 3.05) is 33.3 Å². The van der Waals surface area contributed by atoms with Gasteiger partial charge in [0.15, 0.2) is 16.6 Å². The predicted octanol–water partition coefficient (Wildman–Crippen LogP) is 4.96. The van der Waals surface area contributed by atoms with Gasteiger partial charge >= 0.3 is 5.91 Å². The highest BCUT2D eigenvalue weighted by atomic mass is 32.1. The Balaban J connectivity index is 1.72. The molecule has 5 rings (SSSR count). The minimum Gasteiger partial charge on any atom is -0.507 e. The molecule has 10 heteroatoms. The molecule has 1 aliphatic rings. The first-order chi connectivity index (χ1) is 18.4. The van der Waals surface area contributed by atoms with E-state index in [1.807, 2.05) is 6.07 Å². The van der Waals surface area contributed by atoms with Crippen LogP contribution in [0, 0.1) is 0 Å². The fraction of sp³-hybridized carbons (Fsp3) is 0.179. The van der Waals surface area contributed by atoms with Crippen LogP contribution in [0.3, 0.4) is 0 Å². The van der Waals surface area contributed by atoms with Crippen LogP contribution in [0.4, 0.5) is 5.13 Å². The Hall–Kier alpha value is -4.57. The molecule has 9 nitrogen and oxygen atoms in total. The summed E-state index contributed by atoms with van der Waals surface area (Å²) in [5, 5.41) is 11.7. The van der Waals surface area contributed by atoms with Crippen LogP contribution in [-0.2, 0) is 9.59 Å². The Kier molecular flexibility index (Phi) is 6.64. The van der Waals surface area contributed by atoms with E-state index in [9.17, 15) is 14.7 Å². The monoisotopic (exact) mass is 532 g/mol. The molecule has 4 aromatic rings. The zero-order valence-corrected chi connectivity index (χ0v) is 21.9. The van der Waals surface area contributed by atoms with Gasteiger partial charge in [-0.05, 0) is 60.2 Å². The molecule has 0 radical (unpaired) electrons. The summed E-state index contributed by atoms with van der Waals surface area (Å²) < 4.78 is 22.1. The highest BCUT2D eigenvalue weighted by Gasteiger charge is 2.48. The first-order valence-corrected chi connectivity index (χ1v) is 12.3. The molecule has 1 aromatic heterocycles. The van der Waals surface area contributed by atoms with Crippen molar-refractivity contribution in [2.45, 2.75) is 6.04 Å². The summed E-state index contributed by atoms with van der Waals surface area (Å²) in [6, 6.07) is 16.1. The number of hydrogen-bond acceptors (Lipinski definition) is 9. The van der Waals surface area contributed by atoms with Crippen LogP contribution in [0.5, 0.6) is 23.0 Å². The number of hydrogen-bond donors (Lipinski definition) is 1. The van der Waals surface area contributed by atoms with E-state index >= 15 is 0 Å². The summed E-state index contributed by atoms with van der Waals surface area (Å²) >= 11 is 1.25. The molecule has 0 aliphatic carbocycles. The van der Waals surface area contributed by atoms with E-state index in [1.165, 1.54) is 37.6 Å². The number of ether oxygens (including phenoxy) is 4. The number of fused-ring (bicyclic) bond motifs is 1. The summed E-state index contributed by atoms with van der Waals surface area (Å²) in [5.74, 6) is 0.190. The number of ketones is 1. The van der Waals surface area contributed by atoms with Crippen molar-refractivity contribution in [3.05, 3.63) is 77.4 Å². The normalized spacial score (nSPS) is 16.6. The van der Waals surface area contributed by atoms with Crippen LogP contribution in [0.1, 0.15) is 17.2 Å². The fourth-order valence-electron chi connectivity index (χ4n) is 4.40. The van der Waals surface area contributed by atoms with Crippen molar-refractivity contribution in [3.8, 4) is 23.0 Å². The minimum absolute atomic E-state index is 0.0655. The van der Waals surface area contributed by atoms with Crippen LogP contribution in [0.25, 0.3) is 16.0 Å². The second-order valence-electron chi connectivity index (χ2n) is 8.34. The van der Waals surface area contributed by atoms with Gasteiger partial charge in [0, 0.05) is 5.56 Å². The minimum atomic E-state index is -0.973. The molecule has 2 heterocycles. The Morgan fingerprint density at radius 2 is 1.53 bits per heavy atom. The molecule has 0 saturated carbocycles. The number of rotatable bonds is 7. The summed E-state index contributed by atoms with van der Waals surface area (Å²) in [7, 11) is 6.11. The van der Waals surface area contributed by atoms with E-state index in [0.29, 0.717) is 44.8 Å². The van der Waals surface area contributed by atoms with Gasteiger partial charge in [0.1, 0.15) is 17.3 Å². The van der Waals surface area contributed by atoms with E-state index < -0.39 is 17.7 Å². The molecule has 1 fully saturated rings. The zero-order valence-electron chi connectivity index (χ0n) is 21.1. The lowest BCUT2D eigenvalue weighted by atomic mass is 9.95. The second-order valence-corrected chi connectivity index (χ2v) is 9.35. The first kappa shape index (κ1) is 25.1. The first-order valence-electron chi connectivity index (χ1n) is 11.5. The lowest BCUT2D eigenvalue weighted by Crippen LogP contribution is -2.29. The lowest BCUT2D eigenvalue weighted by molar-refractivity contribution is -0.132. The van der Waals surface area contributed by atoms with Crippen LogP contribution in [-0.4, -0.2) is 50.2 Å². The SMILES string of the molecule is COc1ccc(/C(O)=C2\C(=O)C(=O)N(c3nc4ccc(OC)cc4s3)[C@H]2c2ccc(OC)c(OC)c2)cc1. The Morgan fingerprint density at radius 1 is 0.842 bits per heavy atom. The maximum absolute atomic E-state index is 13.5. The van der Waals surface area contributed by atoms with Gasteiger partial charge in [-0.15, -0.1) is 0 Å². The largest absolute Gasteiger partial charge is 0.507 e. The molecule has 1 saturated heterocycles. The van der Waals surface area contributed by atoms with E-state index in [0.717, 1.165) is 4.70 Å². The third-order valence-electron chi connectivity index (χ3n) is 6.32. The van der Waals surface area contributed by atoms with E-state index in [2.05, 4.69) is 4.98 Å². The molecule has 1 amide bonds. The van der Waals surface area contributed by atoms with Crippen LogP contribution in [0.15, 0.2) is 66.2 Å². The number of nitrogens with zero attached hydrogens (tertiary/aromatic N) is 2. The van der Waals surface area contributed by atoms with E-state index in [4.69, 9.17) is 18.9 Å². The van der Waals surface area contributed by atoms with Gasteiger partial charge in [-0.1, -0.05) is 17.4 Å². The highest BCUT2D eigenvalue weighted by Crippen LogP contribution is 2.46. The average molecular weight is 533 g/mol. The number of carbonyl (C=O) groups excluding carboxylic acids is 2. The predicted molar refractivity (Wildman–Crippen MR) is 143 cm³/mol. The van der Waals surface area contributed by atoms with Crippen molar-refractivity contribution in [2.24, 2.45) is 0 Å². The summed E-state index contributed by atoms with van der Waals surface area (Å²) in [5.41, 5.74) is 1.48. The topological polar surface area (TPSA) is 107 Å². The number of methoxy groups -OCH3 is 4. The smallest absolute Gasteiger partial charge is 0.301 e. The second kappa shape index (κ2) is 10.1. The van der Waals surface area contributed by atoms with Crippen molar-refractivity contribution >= 4 is 44.1 Å². The Bertz CT molecular complexity index is 1580. The molecule has 1 aliphatic heterocycles. The van der Waals surface area contributed by atoms with Gasteiger partial charge < -0.3 is 24.1 Å². The quantitative estimate of drug-likeness (QED) is 0.202. The summed E-state index contributed by atoms with van der Waals surface area (Å²) in [6.07, 6.45) is 0. The van der Waals surface area contributed by atoms with Crippen molar-refractivity contribution in [1.29, 1.82) is 0 Å². The fourth-order valence-corrected chi connectivity index (χ4v) is 5.42. The van der Waals surface area contributed by atoms with Crippen molar-refractivity contribution in [1.82, 2.24) is 4.98 Å². The van der Waals surface area contributed by atoms with Gasteiger partial charge in [-0.25, -0.2) is 4.98 Å². The molecular formula is C28H24N2O7S. The number of aromatic nitrogens is 1. The van der Waals surface area contributed by atoms with E-state index in [-0.39, 0.29) is 11.3 Å². The number of anilines is 1. The molecule has 0 bridgehead atoms. The van der Waals surface area contributed by atoms with Crippen LogP contribution < -0.4 is 23.8 Å². The Labute approximate surface area is 222 Å². The van der Waals surface area contributed by atoms with Crippen LogP contribution in [0.2, 0.25) is 0 Å². The summed E-state index contributed by atoms with van der Waals surface area (Å²) in [4.78, 5) is 32.9. The number of amides is 1. The number of aliphatic hydroxyl groups is 1. The van der Waals surface area contributed by atoms with Crippen LogP contribution >= 0.6 is 11.3 Å². The van der Waals surface area contributed by atoms with Gasteiger partial charge in [0.2, 0.25) is 0 Å². The molecule has 3 aromatic carbocycles. The highest BCUT2D eigenvalue weighted by molar-refractivity contribution is 7.22. The number of carbonyl (C=O) groups is 2. The standard InChI is InChI=1S/C28H24N2O7S/c1-34-17-8-5-15(6-9-17)25(31)23-24(16-7-12-20(36-3)21(13-16)37-4)30(27(33)26(23)32)28-29-19-11-10-18(35-2)14-22(19)38-28/h5-14,24,31H,1-4H3/b25-23+/t24-/m0/s1. The summed E-state index contributed by atoms with van der Waals surface area (Å²) in [6.45, 7) is 0. The number of Topliss-reactive ketones (excluding diaryl/α,β-unsaturated/α-hetero) is 1. The Morgan fingerprint density at radius 3 is 2.18 bits per heavy atom. The molecule has 194 valence electrons. The van der Waals surface area contributed by atoms with Crippen molar-refractivity contribution < 1.29 is 33.6 Å². The zero-order chi connectivity index (χ0) is 27.0. The maximum atomic E-state index is 13.5. The van der Waals surface area contributed by atoms with Gasteiger partial charge in [0.05, 0.1) is 50.3 Å². The number of benzene rings is 3. The molecule has 1 atom stereocenters. The average Bonchev–Trinajstić information content (AvgIpc) is 3.49. The van der Waals surface area contributed by atoms with Crippen molar-refractivity contribution in [3.63, 3.8) is 0 Å². The molecule has 0 unspecified atom stereocenters. The van der Waals surface area contributed by atoms with Gasteiger partial charge in [-0.3, -0.25) is 14.5 Å². The van der Waals surface area contributed by atoms with E-state index in [1.54, 1.807) is 61.7 Å². The molecular weight excluding hydrogens is 508 g/mol. The molecule has 38 heavy (non-hydrogen) atoms.